The average molecular weight is 979 g/mol. The van der Waals surface area contributed by atoms with Crippen LogP contribution in [0, 0.1) is 0 Å². The van der Waals surface area contributed by atoms with Gasteiger partial charge in [-0.15, -0.1) is 0 Å². The molecule has 400 valence electrons. The van der Waals surface area contributed by atoms with Crippen molar-refractivity contribution in [1.29, 1.82) is 0 Å². The van der Waals surface area contributed by atoms with E-state index in [0.717, 1.165) is 38.5 Å². The zero-order chi connectivity index (χ0) is 49.1. The zero-order valence-corrected chi connectivity index (χ0v) is 44.1. The van der Waals surface area contributed by atoms with Crippen molar-refractivity contribution >= 4 is 13.8 Å². The monoisotopic (exact) mass is 979 g/mol. The molecule has 12 nitrogen and oxygen atoms in total. The van der Waals surface area contributed by atoms with Crippen LogP contribution in [0.5, 0.6) is 0 Å². The molecular formula is C54H107O12P. The Morgan fingerprint density at radius 3 is 1.03 bits per heavy atom. The largest absolute Gasteiger partial charge is 0.472 e. The van der Waals surface area contributed by atoms with Gasteiger partial charge in [0.2, 0.25) is 0 Å². The molecule has 1 fully saturated rings. The quantitative estimate of drug-likeness (QED) is 0.0192. The number of esters is 1. The van der Waals surface area contributed by atoms with Gasteiger partial charge in [0.1, 0.15) is 42.7 Å². The molecule has 13 heteroatoms. The Morgan fingerprint density at radius 1 is 0.418 bits per heavy atom. The summed E-state index contributed by atoms with van der Waals surface area (Å²) >= 11 is 0. The van der Waals surface area contributed by atoms with E-state index in [1.54, 1.807) is 0 Å². The minimum Gasteiger partial charge on any atom is -0.457 e. The van der Waals surface area contributed by atoms with Crippen LogP contribution in [0.2, 0.25) is 0 Å². The molecule has 0 aliphatic heterocycles. The molecule has 0 spiro atoms. The van der Waals surface area contributed by atoms with E-state index in [2.05, 4.69) is 13.8 Å². The standard InChI is InChI=1S/C54H107O12P/c1-3-5-7-9-11-13-15-17-19-21-22-23-24-25-26-27-28-30-32-34-36-38-40-42-44-63-45-47(46-64-67(61,62)66-54-52(59)50(57)49(56)51(58)53(54)60)65-48(55)43-41-39-37-35-33-31-29-20-18-16-14-12-10-8-6-4-2/h47,49-54,56-60H,3-46H2,1-2H3,(H,61,62). The fourth-order valence-corrected chi connectivity index (χ4v) is 10.2. The van der Waals surface area contributed by atoms with Crippen LogP contribution in [0.3, 0.4) is 0 Å². The summed E-state index contributed by atoms with van der Waals surface area (Å²) in [6.45, 7) is 4.33. The van der Waals surface area contributed by atoms with Gasteiger partial charge in [-0.05, 0) is 12.8 Å². The lowest BCUT2D eigenvalue weighted by molar-refractivity contribution is -0.220. The van der Waals surface area contributed by atoms with E-state index in [4.69, 9.17) is 18.5 Å². The SMILES string of the molecule is CCCCCCCCCCCCCCCCCCCCCCCCCCOCC(COP(=O)(O)OC1C(O)C(O)C(O)C(O)C1O)OC(=O)CCCCCCCCCCCCCCCCCC. The van der Waals surface area contributed by atoms with E-state index in [0.29, 0.717) is 13.0 Å². The first-order valence-electron chi connectivity index (χ1n) is 28.4. The van der Waals surface area contributed by atoms with Crippen molar-refractivity contribution in [3.8, 4) is 0 Å². The molecule has 0 aromatic heterocycles. The van der Waals surface area contributed by atoms with Gasteiger partial charge >= 0.3 is 13.8 Å². The first-order chi connectivity index (χ1) is 32.5. The van der Waals surface area contributed by atoms with Crippen molar-refractivity contribution in [3.05, 3.63) is 0 Å². The molecule has 0 aromatic carbocycles. The predicted molar refractivity (Wildman–Crippen MR) is 272 cm³/mol. The third-order valence-electron chi connectivity index (χ3n) is 13.7. The molecule has 0 amide bonds. The van der Waals surface area contributed by atoms with Gasteiger partial charge in [-0.2, -0.15) is 0 Å². The van der Waals surface area contributed by atoms with Crippen molar-refractivity contribution in [2.45, 2.75) is 320 Å². The Hall–Kier alpha value is -0.660. The molecule has 0 radical (unpaired) electrons. The Bertz CT molecular complexity index is 1120. The number of phosphoric acid groups is 1. The topological polar surface area (TPSA) is 192 Å². The fourth-order valence-electron chi connectivity index (χ4n) is 9.24. The number of carbonyl (C=O) groups is 1. The van der Waals surface area contributed by atoms with E-state index >= 15 is 0 Å². The molecule has 0 bridgehead atoms. The normalized spacial score (nSPS) is 21.1. The van der Waals surface area contributed by atoms with Gasteiger partial charge in [0.25, 0.3) is 0 Å². The summed E-state index contributed by atoms with van der Waals surface area (Å²) in [5.41, 5.74) is 0. The Morgan fingerprint density at radius 2 is 0.701 bits per heavy atom. The van der Waals surface area contributed by atoms with Gasteiger partial charge in [-0.25, -0.2) is 4.57 Å². The van der Waals surface area contributed by atoms with E-state index in [1.165, 1.54) is 212 Å². The summed E-state index contributed by atoms with van der Waals surface area (Å²) in [6, 6.07) is 0. The van der Waals surface area contributed by atoms with Crippen molar-refractivity contribution in [3.63, 3.8) is 0 Å². The number of hydrogen-bond donors (Lipinski definition) is 6. The van der Waals surface area contributed by atoms with Gasteiger partial charge in [-0.1, -0.05) is 258 Å². The second-order valence-corrected chi connectivity index (χ2v) is 21.6. The number of hydrogen-bond acceptors (Lipinski definition) is 11. The minimum absolute atomic E-state index is 0.0671. The van der Waals surface area contributed by atoms with Crippen LogP contribution in [0.25, 0.3) is 0 Å². The summed E-state index contributed by atoms with van der Waals surface area (Å²) in [5, 5.41) is 50.4. The zero-order valence-electron chi connectivity index (χ0n) is 43.2. The van der Waals surface area contributed by atoms with Gasteiger partial charge in [0, 0.05) is 13.0 Å². The molecule has 1 saturated carbocycles. The number of ether oxygens (including phenoxy) is 2. The van der Waals surface area contributed by atoms with Crippen LogP contribution in [0.15, 0.2) is 0 Å². The molecule has 1 rings (SSSR count). The van der Waals surface area contributed by atoms with Gasteiger partial charge < -0.3 is 39.9 Å². The molecule has 6 atom stereocenters. The van der Waals surface area contributed by atoms with E-state index in [-0.39, 0.29) is 13.0 Å². The third-order valence-corrected chi connectivity index (χ3v) is 14.7. The lowest BCUT2D eigenvalue weighted by Crippen LogP contribution is -2.64. The Kier molecular flexibility index (Phi) is 43.4. The average Bonchev–Trinajstić information content (AvgIpc) is 3.31. The number of aliphatic hydroxyl groups excluding tert-OH is 5. The molecule has 67 heavy (non-hydrogen) atoms. The second kappa shape index (κ2) is 45.2. The summed E-state index contributed by atoms with van der Waals surface area (Å²) in [5.74, 6) is -0.468. The van der Waals surface area contributed by atoms with Crippen LogP contribution >= 0.6 is 7.82 Å². The highest BCUT2D eigenvalue weighted by Crippen LogP contribution is 2.47. The van der Waals surface area contributed by atoms with Crippen molar-refractivity contribution in [2.24, 2.45) is 0 Å². The highest BCUT2D eigenvalue weighted by Gasteiger charge is 2.51. The van der Waals surface area contributed by atoms with Gasteiger partial charge in [0.05, 0.1) is 13.2 Å². The van der Waals surface area contributed by atoms with E-state index < -0.39 is 63.1 Å². The Balaban J connectivity index is 2.25. The third kappa shape index (κ3) is 36.9. The molecular weight excluding hydrogens is 872 g/mol. The van der Waals surface area contributed by atoms with E-state index in [9.17, 15) is 39.8 Å². The number of aliphatic hydroxyl groups is 5. The first-order valence-corrected chi connectivity index (χ1v) is 29.9. The highest BCUT2D eigenvalue weighted by atomic mass is 31.2. The molecule has 0 saturated heterocycles. The second-order valence-electron chi connectivity index (χ2n) is 20.2. The van der Waals surface area contributed by atoms with Crippen LogP contribution in [-0.4, -0.2) is 98.9 Å². The van der Waals surface area contributed by atoms with Crippen LogP contribution in [0.4, 0.5) is 0 Å². The lowest BCUT2D eigenvalue weighted by atomic mass is 9.85. The molecule has 6 N–H and O–H groups in total. The molecule has 0 aromatic rings. The molecule has 6 unspecified atom stereocenters. The smallest absolute Gasteiger partial charge is 0.457 e. The summed E-state index contributed by atoms with van der Waals surface area (Å²) in [6.07, 6.45) is 38.9. The van der Waals surface area contributed by atoms with Crippen molar-refractivity contribution in [2.75, 3.05) is 19.8 Å². The molecule has 0 heterocycles. The first kappa shape index (κ1) is 64.4. The number of carbonyl (C=O) groups excluding carboxylic acids is 1. The maximum atomic E-state index is 12.9. The summed E-state index contributed by atoms with van der Waals surface area (Å²) in [7, 11) is -5.02. The van der Waals surface area contributed by atoms with Crippen molar-refractivity contribution in [1.82, 2.24) is 0 Å². The number of phosphoric ester groups is 1. The van der Waals surface area contributed by atoms with Crippen LogP contribution in [0.1, 0.15) is 277 Å². The minimum atomic E-state index is -5.02. The highest BCUT2D eigenvalue weighted by molar-refractivity contribution is 7.47. The Labute approximate surface area is 410 Å². The number of unbranched alkanes of at least 4 members (excludes halogenated alkanes) is 38. The predicted octanol–water partition coefficient (Wildman–Crippen LogP) is 13.3. The maximum absolute atomic E-state index is 12.9. The van der Waals surface area contributed by atoms with Gasteiger partial charge in [-0.3, -0.25) is 13.8 Å². The van der Waals surface area contributed by atoms with Crippen LogP contribution in [-0.2, 0) is 27.9 Å². The fraction of sp³-hybridized carbons (Fsp3) is 0.981. The number of rotatable bonds is 50. The molecule has 1 aliphatic rings. The van der Waals surface area contributed by atoms with Crippen molar-refractivity contribution < 1.29 is 58.3 Å². The summed E-state index contributed by atoms with van der Waals surface area (Å²) < 4.78 is 34.4. The maximum Gasteiger partial charge on any atom is 0.472 e. The van der Waals surface area contributed by atoms with Gasteiger partial charge in [0.15, 0.2) is 0 Å². The summed E-state index contributed by atoms with van der Waals surface area (Å²) in [4.78, 5) is 23.3. The lowest BCUT2D eigenvalue weighted by Gasteiger charge is -2.41. The van der Waals surface area contributed by atoms with Crippen LogP contribution < -0.4 is 0 Å². The molecule has 1 aliphatic carbocycles. The van der Waals surface area contributed by atoms with E-state index in [1.807, 2.05) is 0 Å².